The van der Waals surface area contributed by atoms with E-state index in [0.717, 1.165) is 0 Å². The summed E-state index contributed by atoms with van der Waals surface area (Å²) in [6.45, 7) is 6.18. The second-order valence-corrected chi connectivity index (χ2v) is 10.8. The van der Waals surface area contributed by atoms with E-state index in [9.17, 15) is 34.2 Å². The summed E-state index contributed by atoms with van der Waals surface area (Å²) < 4.78 is 0. The smallest absolute Gasteiger partial charge is 0.326 e. The molecule has 1 aromatic rings. The Balaban J connectivity index is 3.07. The van der Waals surface area contributed by atoms with Crippen LogP contribution in [0.15, 0.2) is 30.3 Å². The van der Waals surface area contributed by atoms with Crippen LogP contribution in [0.2, 0.25) is 0 Å². The molecule has 8 N–H and O–H groups in total. The van der Waals surface area contributed by atoms with E-state index in [4.69, 9.17) is 5.73 Å². The van der Waals surface area contributed by atoms with Crippen molar-refractivity contribution in [3.8, 4) is 0 Å². The summed E-state index contributed by atoms with van der Waals surface area (Å²) in [5, 5.41) is 29.8. The predicted molar refractivity (Wildman–Crippen MR) is 153 cm³/mol. The van der Waals surface area contributed by atoms with Crippen molar-refractivity contribution in [1.82, 2.24) is 21.3 Å². The van der Waals surface area contributed by atoms with E-state index in [1.807, 2.05) is 6.26 Å². The van der Waals surface area contributed by atoms with Crippen molar-refractivity contribution in [1.29, 1.82) is 0 Å². The molecule has 12 nitrogen and oxygen atoms in total. The van der Waals surface area contributed by atoms with E-state index in [1.165, 1.54) is 13.8 Å². The van der Waals surface area contributed by atoms with Gasteiger partial charge in [-0.3, -0.25) is 19.2 Å². The molecule has 13 heteroatoms. The van der Waals surface area contributed by atoms with Crippen molar-refractivity contribution >= 4 is 41.4 Å². The average molecular weight is 582 g/mol. The zero-order chi connectivity index (χ0) is 30.4. The summed E-state index contributed by atoms with van der Waals surface area (Å²) in [4.78, 5) is 63.3. The molecule has 40 heavy (non-hydrogen) atoms. The van der Waals surface area contributed by atoms with Crippen LogP contribution in [0.25, 0.3) is 0 Å². The van der Waals surface area contributed by atoms with Crippen molar-refractivity contribution in [3.63, 3.8) is 0 Å². The zero-order valence-electron chi connectivity index (χ0n) is 23.7. The van der Waals surface area contributed by atoms with Crippen LogP contribution in [0.1, 0.15) is 46.1 Å². The minimum Gasteiger partial charge on any atom is -0.480 e. The Bertz CT molecular complexity index is 995. The van der Waals surface area contributed by atoms with Crippen molar-refractivity contribution in [2.24, 2.45) is 11.7 Å². The minimum absolute atomic E-state index is 0.0467. The first-order valence-corrected chi connectivity index (χ1v) is 14.6. The van der Waals surface area contributed by atoms with Crippen molar-refractivity contribution in [3.05, 3.63) is 35.9 Å². The van der Waals surface area contributed by atoms with Crippen LogP contribution < -0.4 is 27.0 Å². The topological polar surface area (TPSA) is 200 Å². The molecule has 0 fully saturated rings. The molecular weight excluding hydrogens is 538 g/mol. The molecule has 0 saturated heterocycles. The number of thioether (sulfide) groups is 1. The molecule has 0 aliphatic carbocycles. The third kappa shape index (κ3) is 11.5. The number of aliphatic carboxylic acids is 1. The van der Waals surface area contributed by atoms with Gasteiger partial charge in [-0.15, -0.1) is 0 Å². The molecule has 0 saturated carbocycles. The van der Waals surface area contributed by atoms with Crippen LogP contribution >= 0.6 is 11.8 Å². The summed E-state index contributed by atoms with van der Waals surface area (Å²) in [5.74, 6) is -3.76. The van der Waals surface area contributed by atoms with Crippen molar-refractivity contribution in [2.75, 3.05) is 12.0 Å². The van der Waals surface area contributed by atoms with E-state index in [2.05, 4.69) is 21.3 Å². The Morgan fingerprint density at radius 2 is 1.48 bits per heavy atom. The molecule has 0 unspecified atom stereocenters. The zero-order valence-corrected chi connectivity index (χ0v) is 24.5. The lowest BCUT2D eigenvalue weighted by molar-refractivity contribution is -0.144. The first-order chi connectivity index (χ1) is 18.8. The monoisotopic (exact) mass is 581 g/mol. The summed E-state index contributed by atoms with van der Waals surface area (Å²) in [6.07, 6.45) is 1.48. The van der Waals surface area contributed by atoms with Crippen LogP contribution in [0.3, 0.4) is 0 Å². The Labute approximate surface area is 239 Å². The van der Waals surface area contributed by atoms with Crippen LogP contribution in [0.4, 0.5) is 0 Å². The van der Waals surface area contributed by atoms with Crippen LogP contribution in [0, 0.1) is 5.92 Å². The van der Waals surface area contributed by atoms with Crippen molar-refractivity contribution < 1.29 is 34.2 Å². The highest BCUT2D eigenvalue weighted by Gasteiger charge is 2.34. The highest BCUT2D eigenvalue weighted by molar-refractivity contribution is 7.98. The standard InChI is InChI=1S/C27H43N5O7S/c1-6-15(2)21(27(38)39)31-26(37)22(17(4)33)32-25(36)20(14-18-10-8-7-9-11-18)30-23(34)16(3)29-24(35)19(28)12-13-40-5/h7-11,15-17,19-22,33H,6,12-14,28H2,1-5H3,(H,29,35)(H,30,34)(H,31,37)(H,32,36)(H,38,39)/t15-,16-,17+,19-,20-,21-,22-/m0/s1. The van der Waals surface area contributed by atoms with Crippen LogP contribution in [-0.2, 0) is 30.4 Å². The fourth-order valence-electron chi connectivity index (χ4n) is 3.70. The molecule has 7 atom stereocenters. The van der Waals surface area contributed by atoms with E-state index in [1.54, 1.807) is 55.9 Å². The van der Waals surface area contributed by atoms with E-state index in [-0.39, 0.29) is 6.42 Å². The summed E-state index contributed by atoms with van der Waals surface area (Å²) in [6, 6.07) is 3.13. The van der Waals surface area contributed by atoms with Gasteiger partial charge in [0.15, 0.2) is 0 Å². The van der Waals surface area contributed by atoms with Crippen molar-refractivity contribution in [2.45, 2.75) is 83.3 Å². The molecule has 224 valence electrons. The maximum Gasteiger partial charge on any atom is 0.326 e. The van der Waals surface area contributed by atoms with Gasteiger partial charge in [0.25, 0.3) is 0 Å². The molecule has 4 amide bonds. The van der Waals surface area contributed by atoms with Gasteiger partial charge in [-0.2, -0.15) is 11.8 Å². The Morgan fingerprint density at radius 1 is 0.875 bits per heavy atom. The van der Waals surface area contributed by atoms with Gasteiger partial charge in [0.05, 0.1) is 12.1 Å². The molecule has 0 aromatic heterocycles. The fraction of sp³-hybridized carbons (Fsp3) is 0.593. The summed E-state index contributed by atoms with van der Waals surface area (Å²) >= 11 is 1.54. The number of nitrogens with two attached hydrogens (primary N) is 1. The number of hydrogen-bond acceptors (Lipinski definition) is 8. The van der Waals surface area contributed by atoms with Gasteiger partial charge in [-0.05, 0) is 43.8 Å². The highest BCUT2D eigenvalue weighted by Crippen LogP contribution is 2.10. The average Bonchev–Trinajstić information content (AvgIpc) is 2.92. The van der Waals surface area contributed by atoms with E-state index >= 15 is 0 Å². The number of hydrogen-bond donors (Lipinski definition) is 7. The molecule has 0 bridgehead atoms. The Kier molecular flexibility index (Phi) is 15.3. The largest absolute Gasteiger partial charge is 0.480 e. The lowest BCUT2D eigenvalue weighted by atomic mass is 9.98. The third-order valence-corrected chi connectivity index (χ3v) is 7.12. The minimum atomic E-state index is -1.49. The third-order valence-electron chi connectivity index (χ3n) is 6.48. The maximum atomic E-state index is 13.3. The van der Waals surface area contributed by atoms with E-state index < -0.39 is 71.8 Å². The predicted octanol–water partition coefficient (Wildman–Crippen LogP) is -0.220. The maximum absolute atomic E-state index is 13.3. The normalized spacial score (nSPS) is 16.3. The number of rotatable bonds is 17. The number of carboxylic acid groups (broad SMARTS) is 1. The van der Waals surface area contributed by atoms with Gasteiger partial charge >= 0.3 is 5.97 Å². The second-order valence-electron chi connectivity index (χ2n) is 9.81. The van der Waals surface area contributed by atoms with Gasteiger partial charge < -0.3 is 37.2 Å². The Hall–Kier alpha value is -3.16. The lowest BCUT2D eigenvalue weighted by Gasteiger charge is -2.28. The molecule has 0 spiro atoms. The van der Waals surface area contributed by atoms with Crippen LogP contribution in [0.5, 0.6) is 0 Å². The number of nitrogens with one attached hydrogen (secondary N) is 4. The number of carbonyl (C=O) groups excluding carboxylic acids is 4. The number of amides is 4. The first-order valence-electron chi connectivity index (χ1n) is 13.2. The number of carbonyl (C=O) groups is 5. The number of carboxylic acids is 1. The molecule has 0 aliphatic heterocycles. The van der Waals surface area contributed by atoms with Gasteiger partial charge in [0, 0.05) is 6.42 Å². The fourth-order valence-corrected chi connectivity index (χ4v) is 4.19. The summed E-state index contributed by atoms with van der Waals surface area (Å²) in [5.41, 5.74) is 6.58. The van der Waals surface area contributed by atoms with Gasteiger partial charge in [0.2, 0.25) is 23.6 Å². The number of benzene rings is 1. The number of aliphatic hydroxyl groups is 1. The molecule has 0 heterocycles. The van der Waals surface area contributed by atoms with Gasteiger partial charge in [-0.25, -0.2) is 4.79 Å². The quantitative estimate of drug-likeness (QED) is 0.130. The lowest BCUT2D eigenvalue weighted by Crippen LogP contribution is -2.61. The summed E-state index contributed by atoms with van der Waals surface area (Å²) in [7, 11) is 0. The molecule has 0 radical (unpaired) electrons. The SMILES string of the molecule is CC[C@H](C)[C@H](NC(=O)[C@@H](NC(=O)[C@H](Cc1ccccc1)NC(=O)[C@H](C)NC(=O)[C@@H](N)CCSC)[C@@H](C)O)C(=O)O. The molecule has 0 aliphatic rings. The first kappa shape index (κ1) is 34.9. The molecular formula is C27H43N5O7S. The Morgan fingerprint density at radius 3 is 2.00 bits per heavy atom. The van der Waals surface area contributed by atoms with E-state index in [0.29, 0.717) is 24.2 Å². The van der Waals surface area contributed by atoms with Crippen LogP contribution in [-0.4, -0.2) is 88.1 Å². The molecule has 1 aromatic carbocycles. The van der Waals surface area contributed by atoms with Gasteiger partial charge in [-0.1, -0.05) is 50.6 Å². The molecule has 1 rings (SSSR count). The second kappa shape index (κ2) is 17.5. The van der Waals surface area contributed by atoms with Gasteiger partial charge in [0.1, 0.15) is 24.2 Å². The number of aliphatic hydroxyl groups excluding tert-OH is 1. The highest BCUT2D eigenvalue weighted by atomic mass is 32.2.